The highest BCUT2D eigenvalue weighted by atomic mass is 32.2. The molecule has 0 aliphatic heterocycles. The Kier molecular flexibility index (Phi) is 5.44. The molecule has 17 heavy (non-hydrogen) atoms. The lowest BCUT2D eigenvalue weighted by Gasteiger charge is -2.13. The highest BCUT2D eigenvalue weighted by Gasteiger charge is 2.25. The molecule has 0 aliphatic carbocycles. The number of hydrogen-bond acceptors (Lipinski definition) is 5. The molecule has 0 spiro atoms. The third-order valence-corrected chi connectivity index (χ3v) is 5.48. The summed E-state index contributed by atoms with van der Waals surface area (Å²) in [5.41, 5.74) is 0. The van der Waals surface area contributed by atoms with Crippen molar-refractivity contribution in [1.82, 2.24) is 4.72 Å². The minimum atomic E-state index is -3.71. The summed E-state index contributed by atoms with van der Waals surface area (Å²) in [6.45, 7) is 0. The smallest absolute Gasteiger partial charge is 0.321 e. The summed E-state index contributed by atoms with van der Waals surface area (Å²) in [7, 11) is -3.71. The third-order valence-electron chi connectivity index (χ3n) is 1.97. The fourth-order valence-electron chi connectivity index (χ4n) is 1.13. The van der Waals surface area contributed by atoms with Crippen molar-refractivity contribution >= 4 is 39.1 Å². The van der Waals surface area contributed by atoms with Gasteiger partial charge in [-0.25, -0.2) is 8.42 Å². The van der Waals surface area contributed by atoms with Crippen LogP contribution < -0.4 is 4.72 Å². The van der Waals surface area contributed by atoms with Crippen molar-refractivity contribution in [3.8, 4) is 0 Å². The van der Waals surface area contributed by atoms with E-state index in [4.69, 9.17) is 5.11 Å². The first kappa shape index (κ1) is 14.5. The summed E-state index contributed by atoms with van der Waals surface area (Å²) < 4.78 is 25.9. The molecule has 0 fully saturated rings. The second kappa shape index (κ2) is 6.39. The van der Waals surface area contributed by atoms with E-state index in [9.17, 15) is 13.2 Å². The maximum Gasteiger partial charge on any atom is 0.321 e. The highest BCUT2D eigenvalue weighted by Crippen LogP contribution is 2.16. The van der Waals surface area contributed by atoms with E-state index in [0.717, 1.165) is 11.3 Å². The molecule has 0 bridgehead atoms. The van der Waals surface area contributed by atoms with Gasteiger partial charge in [0.05, 0.1) is 0 Å². The van der Waals surface area contributed by atoms with Gasteiger partial charge in [-0.15, -0.1) is 11.3 Å². The molecule has 8 heteroatoms. The molecule has 1 aromatic rings. The van der Waals surface area contributed by atoms with Gasteiger partial charge in [-0.3, -0.25) is 4.79 Å². The fraction of sp³-hybridized carbons (Fsp3) is 0.444. The average molecular weight is 295 g/mol. The van der Waals surface area contributed by atoms with E-state index in [2.05, 4.69) is 4.72 Å². The van der Waals surface area contributed by atoms with Crippen LogP contribution in [0.3, 0.4) is 0 Å². The number of rotatable bonds is 7. The Balaban J connectivity index is 2.76. The van der Waals surface area contributed by atoms with Crippen LogP contribution >= 0.6 is 23.1 Å². The summed E-state index contributed by atoms with van der Waals surface area (Å²) in [4.78, 5) is 10.9. The lowest BCUT2D eigenvalue weighted by Crippen LogP contribution is -2.40. The minimum absolute atomic E-state index is 0.132. The van der Waals surface area contributed by atoms with Gasteiger partial charge in [0.1, 0.15) is 10.3 Å². The highest BCUT2D eigenvalue weighted by molar-refractivity contribution is 7.98. The summed E-state index contributed by atoms with van der Waals surface area (Å²) in [6.07, 6.45) is 2.10. The van der Waals surface area contributed by atoms with Gasteiger partial charge in [0.15, 0.2) is 0 Å². The van der Waals surface area contributed by atoms with Crippen molar-refractivity contribution in [2.45, 2.75) is 16.7 Å². The van der Waals surface area contributed by atoms with Gasteiger partial charge in [0, 0.05) is 0 Å². The SMILES string of the molecule is CSCC[C@@H](NS(=O)(=O)c1cccs1)C(=O)O. The summed E-state index contributed by atoms with van der Waals surface area (Å²) >= 11 is 2.53. The van der Waals surface area contributed by atoms with E-state index in [0.29, 0.717) is 5.75 Å². The zero-order chi connectivity index (χ0) is 12.9. The van der Waals surface area contributed by atoms with E-state index in [1.165, 1.54) is 17.8 Å². The Hall–Kier alpha value is -0.570. The van der Waals surface area contributed by atoms with Crippen molar-refractivity contribution < 1.29 is 18.3 Å². The van der Waals surface area contributed by atoms with E-state index >= 15 is 0 Å². The number of sulfonamides is 1. The van der Waals surface area contributed by atoms with Crippen LogP contribution in [0.1, 0.15) is 6.42 Å². The number of thioether (sulfide) groups is 1. The molecule has 0 saturated heterocycles. The molecule has 2 N–H and O–H groups in total. The Bertz CT molecular complexity index is 455. The second-order valence-corrected chi connectivity index (χ2v) is 7.10. The van der Waals surface area contributed by atoms with Gasteiger partial charge in [-0.05, 0) is 29.9 Å². The normalized spacial score (nSPS) is 13.5. The van der Waals surface area contributed by atoms with Gasteiger partial charge >= 0.3 is 5.97 Å². The molecule has 0 aromatic carbocycles. The maximum atomic E-state index is 11.8. The zero-order valence-corrected chi connectivity index (χ0v) is 11.6. The quantitative estimate of drug-likeness (QED) is 0.790. The Morgan fingerprint density at radius 1 is 1.65 bits per heavy atom. The van der Waals surface area contributed by atoms with Crippen LogP contribution in [0.15, 0.2) is 21.7 Å². The summed E-state index contributed by atoms with van der Waals surface area (Å²) in [5, 5.41) is 10.6. The molecule has 96 valence electrons. The van der Waals surface area contributed by atoms with E-state index in [1.54, 1.807) is 11.4 Å². The van der Waals surface area contributed by atoms with E-state index in [1.807, 2.05) is 6.26 Å². The summed E-state index contributed by atoms with van der Waals surface area (Å²) in [6, 6.07) is 1.98. The van der Waals surface area contributed by atoms with E-state index in [-0.39, 0.29) is 10.6 Å². The van der Waals surface area contributed by atoms with Crippen LogP contribution in [-0.2, 0) is 14.8 Å². The Labute approximate surface area is 108 Å². The molecule has 0 radical (unpaired) electrons. The van der Waals surface area contributed by atoms with Crippen molar-refractivity contribution in [3.63, 3.8) is 0 Å². The number of aliphatic carboxylic acids is 1. The van der Waals surface area contributed by atoms with Crippen molar-refractivity contribution in [1.29, 1.82) is 0 Å². The van der Waals surface area contributed by atoms with Gasteiger partial charge in [-0.2, -0.15) is 16.5 Å². The lowest BCUT2D eigenvalue weighted by atomic mass is 10.2. The van der Waals surface area contributed by atoms with Crippen LogP contribution in [-0.4, -0.2) is 37.5 Å². The molecule has 1 heterocycles. The molecule has 0 aliphatic rings. The zero-order valence-electron chi connectivity index (χ0n) is 9.12. The number of carbonyl (C=O) groups is 1. The van der Waals surface area contributed by atoms with Crippen LogP contribution in [0.4, 0.5) is 0 Å². The van der Waals surface area contributed by atoms with Crippen LogP contribution in [0.2, 0.25) is 0 Å². The van der Waals surface area contributed by atoms with Gasteiger partial charge in [-0.1, -0.05) is 6.07 Å². The fourth-order valence-corrected chi connectivity index (χ4v) is 3.83. The number of thiophene rings is 1. The van der Waals surface area contributed by atoms with Crippen molar-refractivity contribution in [2.75, 3.05) is 12.0 Å². The van der Waals surface area contributed by atoms with Gasteiger partial charge < -0.3 is 5.11 Å². The van der Waals surface area contributed by atoms with Gasteiger partial charge in [0.25, 0.3) is 10.0 Å². The first-order valence-corrected chi connectivity index (χ1v) is 8.50. The first-order chi connectivity index (χ1) is 7.97. The predicted octanol–water partition coefficient (Wildman–Crippen LogP) is 1.23. The molecular formula is C9H13NO4S3. The van der Waals surface area contributed by atoms with Gasteiger partial charge in [0.2, 0.25) is 0 Å². The Morgan fingerprint density at radius 3 is 2.82 bits per heavy atom. The minimum Gasteiger partial charge on any atom is -0.480 e. The number of carboxylic acid groups (broad SMARTS) is 1. The Morgan fingerprint density at radius 2 is 2.35 bits per heavy atom. The van der Waals surface area contributed by atoms with Crippen molar-refractivity contribution in [2.24, 2.45) is 0 Å². The molecule has 5 nitrogen and oxygen atoms in total. The first-order valence-electron chi connectivity index (χ1n) is 4.75. The molecule has 1 atom stereocenters. The maximum absolute atomic E-state index is 11.8. The number of hydrogen-bond donors (Lipinski definition) is 2. The standard InChI is InChI=1S/C9H13NO4S3/c1-15-6-4-7(9(11)12)10-17(13,14)8-3-2-5-16-8/h2-3,5,7,10H,4,6H2,1H3,(H,11,12)/t7-/m1/s1. The molecule has 0 saturated carbocycles. The van der Waals surface area contributed by atoms with Crippen LogP contribution in [0.25, 0.3) is 0 Å². The van der Waals surface area contributed by atoms with Crippen LogP contribution in [0, 0.1) is 0 Å². The lowest BCUT2D eigenvalue weighted by molar-refractivity contribution is -0.139. The molecule has 1 rings (SSSR count). The number of carboxylic acids is 1. The molecular weight excluding hydrogens is 282 g/mol. The van der Waals surface area contributed by atoms with E-state index < -0.39 is 22.0 Å². The van der Waals surface area contributed by atoms with Crippen LogP contribution in [0.5, 0.6) is 0 Å². The molecule has 0 unspecified atom stereocenters. The third kappa shape index (κ3) is 4.30. The predicted molar refractivity (Wildman–Crippen MR) is 69.1 cm³/mol. The largest absolute Gasteiger partial charge is 0.480 e. The molecule has 0 amide bonds. The summed E-state index contributed by atoms with van der Waals surface area (Å²) in [5.74, 6) is -0.566. The second-order valence-electron chi connectivity index (χ2n) is 3.23. The molecule has 1 aromatic heterocycles. The topological polar surface area (TPSA) is 83.5 Å². The number of nitrogens with one attached hydrogen (secondary N) is 1. The van der Waals surface area contributed by atoms with Crippen molar-refractivity contribution in [3.05, 3.63) is 17.5 Å². The monoisotopic (exact) mass is 295 g/mol. The average Bonchev–Trinajstić information content (AvgIpc) is 2.77.